The van der Waals surface area contributed by atoms with Gasteiger partial charge in [0.25, 0.3) is 0 Å². The number of nitrogens with zero attached hydrogens (tertiary/aromatic N) is 4. The number of carbonyl (C=O) groups excluding carboxylic acids is 2. The molecule has 2 aromatic rings. The summed E-state index contributed by atoms with van der Waals surface area (Å²) in [5.74, 6) is -0.281. The fourth-order valence-electron chi connectivity index (χ4n) is 3.61. The van der Waals surface area contributed by atoms with Gasteiger partial charge in [0.2, 0.25) is 11.8 Å². The largest absolute Gasteiger partial charge is 0.419 e. The SMILES string of the molecule is CCN(CC)C(=O)CN1CCN(C(=O)CCn2c(=O)oc3ccccc32)CC1. The van der Waals surface area contributed by atoms with Crippen LogP contribution in [0.25, 0.3) is 11.1 Å². The van der Waals surface area contributed by atoms with Crippen molar-refractivity contribution in [3.8, 4) is 0 Å². The molecule has 1 aromatic heterocycles. The number of fused-ring (bicyclic) bond motifs is 1. The molecule has 1 aliphatic rings. The summed E-state index contributed by atoms with van der Waals surface area (Å²) in [4.78, 5) is 42.5. The van der Waals surface area contributed by atoms with Crippen LogP contribution in [-0.4, -0.2) is 76.9 Å². The van der Waals surface area contributed by atoms with E-state index in [0.717, 1.165) is 13.1 Å². The maximum Gasteiger partial charge on any atom is 0.419 e. The topological polar surface area (TPSA) is 79.0 Å². The fraction of sp³-hybridized carbons (Fsp3) is 0.550. The quantitative estimate of drug-likeness (QED) is 0.707. The monoisotopic (exact) mass is 388 g/mol. The van der Waals surface area contributed by atoms with E-state index in [9.17, 15) is 14.4 Å². The Morgan fingerprint density at radius 2 is 1.75 bits per heavy atom. The zero-order valence-corrected chi connectivity index (χ0v) is 16.6. The Labute approximate surface area is 164 Å². The maximum atomic E-state index is 12.6. The molecule has 28 heavy (non-hydrogen) atoms. The lowest BCUT2D eigenvalue weighted by atomic mass is 10.2. The first-order chi connectivity index (χ1) is 13.5. The highest BCUT2D eigenvalue weighted by Crippen LogP contribution is 2.13. The molecular formula is C20H28N4O4. The molecule has 0 atom stereocenters. The van der Waals surface area contributed by atoms with Gasteiger partial charge in [0.15, 0.2) is 5.58 Å². The third-order valence-corrected chi connectivity index (χ3v) is 5.32. The van der Waals surface area contributed by atoms with E-state index in [1.807, 2.05) is 41.8 Å². The number of hydrogen-bond acceptors (Lipinski definition) is 5. The predicted octanol–water partition coefficient (Wildman–Crippen LogP) is 0.997. The van der Waals surface area contributed by atoms with Gasteiger partial charge in [-0.1, -0.05) is 12.1 Å². The normalized spacial score (nSPS) is 15.1. The van der Waals surface area contributed by atoms with E-state index in [-0.39, 0.29) is 18.2 Å². The van der Waals surface area contributed by atoms with Crippen molar-refractivity contribution in [2.24, 2.45) is 0 Å². The molecule has 1 saturated heterocycles. The molecule has 1 aliphatic heterocycles. The standard InChI is InChI=1S/C20H28N4O4/c1-3-22(4-2)19(26)15-21-11-13-23(14-12-21)18(25)9-10-24-16-7-5-6-8-17(16)28-20(24)27/h5-8H,3-4,9-15H2,1-2H3. The van der Waals surface area contributed by atoms with Gasteiger partial charge in [-0.05, 0) is 26.0 Å². The molecule has 152 valence electrons. The summed E-state index contributed by atoms with van der Waals surface area (Å²) in [6, 6.07) is 7.21. The lowest BCUT2D eigenvalue weighted by Crippen LogP contribution is -2.51. The molecule has 8 heteroatoms. The molecule has 0 spiro atoms. The highest BCUT2D eigenvalue weighted by molar-refractivity contribution is 5.79. The molecule has 0 bridgehead atoms. The van der Waals surface area contributed by atoms with Crippen LogP contribution in [0.15, 0.2) is 33.5 Å². The van der Waals surface area contributed by atoms with Gasteiger partial charge in [-0.3, -0.25) is 19.1 Å². The van der Waals surface area contributed by atoms with Crippen molar-refractivity contribution in [1.82, 2.24) is 19.3 Å². The Bertz CT molecular complexity index is 876. The summed E-state index contributed by atoms with van der Waals surface area (Å²) in [6.07, 6.45) is 0.252. The molecule has 0 N–H and O–H groups in total. The number of oxazole rings is 1. The number of aryl methyl sites for hydroxylation is 1. The predicted molar refractivity (Wildman–Crippen MR) is 106 cm³/mol. The van der Waals surface area contributed by atoms with Crippen molar-refractivity contribution in [2.75, 3.05) is 45.8 Å². The third kappa shape index (κ3) is 4.44. The van der Waals surface area contributed by atoms with Crippen LogP contribution < -0.4 is 5.76 Å². The van der Waals surface area contributed by atoms with Gasteiger partial charge < -0.3 is 14.2 Å². The van der Waals surface area contributed by atoms with Crippen LogP contribution in [0.3, 0.4) is 0 Å². The molecule has 2 heterocycles. The first kappa shape index (κ1) is 20.1. The molecule has 2 amide bonds. The Morgan fingerprint density at radius 3 is 2.43 bits per heavy atom. The summed E-state index contributed by atoms with van der Waals surface area (Å²) in [6.45, 7) is 8.68. The molecule has 8 nitrogen and oxygen atoms in total. The second-order valence-corrected chi connectivity index (χ2v) is 6.96. The van der Waals surface area contributed by atoms with Crippen LogP contribution >= 0.6 is 0 Å². The van der Waals surface area contributed by atoms with Crippen LogP contribution in [0.2, 0.25) is 0 Å². The zero-order chi connectivity index (χ0) is 20.1. The molecule has 1 aromatic carbocycles. The number of rotatable bonds is 7. The highest BCUT2D eigenvalue weighted by atomic mass is 16.4. The van der Waals surface area contributed by atoms with Crippen LogP contribution in [0.5, 0.6) is 0 Å². The molecule has 1 fully saturated rings. The molecule has 0 aliphatic carbocycles. The van der Waals surface area contributed by atoms with Crippen molar-refractivity contribution < 1.29 is 14.0 Å². The van der Waals surface area contributed by atoms with Gasteiger partial charge in [-0.15, -0.1) is 0 Å². The summed E-state index contributed by atoms with van der Waals surface area (Å²) < 4.78 is 6.71. The van der Waals surface area contributed by atoms with Crippen molar-refractivity contribution in [1.29, 1.82) is 0 Å². The van der Waals surface area contributed by atoms with E-state index in [4.69, 9.17) is 4.42 Å². The van der Waals surface area contributed by atoms with Gasteiger partial charge in [0, 0.05) is 52.2 Å². The number of benzene rings is 1. The second-order valence-electron chi connectivity index (χ2n) is 6.96. The average Bonchev–Trinajstić information content (AvgIpc) is 3.02. The lowest BCUT2D eigenvalue weighted by molar-refractivity contribution is -0.135. The highest BCUT2D eigenvalue weighted by Gasteiger charge is 2.23. The van der Waals surface area contributed by atoms with Crippen LogP contribution in [0, 0.1) is 0 Å². The lowest BCUT2D eigenvalue weighted by Gasteiger charge is -2.35. The first-order valence-corrected chi connectivity index (χ1v) is 9.89. The van der Waals surface area contributed by atoms with Crippen molar-refractivity contribution in [3.05, 3.63) is 34.8 Å². The summed E-state index contributed by atoms with van der Waals surface area (Å²) in [7, 11) is 0. The fourth-order valence-corrected chi connectivity index (χ4v) is 3.61. The minimum absolute atomic E-state index is 0.0203. The Morgan fingerprint density at radius 1 is 1.07 bits per heavy atom. The number of hydrogen-bond donors (Lipinski definition) is 0. The number of amides is 2. The zero-order valence-electron chi connectivity index (χ0n) is 16.6. The average molecular weight is 388 g/mol. The van der Waals surface area contributed by atoms with Gasteiger partial charge in [0.05, 0.1) is 12.1 Å². The minimum Gasteiger partial charge on any atom is -0.408 e. The van der Waals surface area contributed by atoms with Crippen LogP contribution in [-0.2, 0) is 16.1 Å². The van der Waals surface area contributed by atoms with Crippen molar-refractivity contribution in [2.45, 2.75) is 26.8 Å². The van der Waals surface area contributed by atoms with E-state index in [0.29, 0.717) is 50.4 Å². The Kier molecular flexibility index (Phi) is 6.51. The van der Waals surface area contributed by atoms with Crippen LogP contribution in [0.4, 0.5) is 0 Å². The smallest absolute Gasteiger partial charge is 0.408 e. The van der Waals surface area contributed by atoms with E-state index in [1.165, 1.54) is 4.57 Å². The summed E-state index contributed by atoms with van der Waals surface area (Å²) in [5, 5.41) is 0. The molecule has 0 radical (unpaired) electrons. The second kappa shape index (κ2) is 9.05. The molecule has 0 saturated carbocycles. The minimum atomic E-state index is -0.436. The van der Waals surface area contributed by atoms with Gasteiger partial charge >= 0.3 is 5.76 Å². The Balaban J connectivity index is 1.49. The van der Waals surface area contributed by atoms with Gasteiger partial charge in [-0.25, -0.2) is 4.79 Å². The first-order valence-electron chi connectivity index (χ1n) is 9.89. The maximum absolute atomic E-state index is 12.6. The summed E-state index contributed by atoms with van der Waals surface area (Å²) in [5.41, 5.74) is 1.24. The number of aromatic nitrogens is 1. The Hall–Kier alpha value is -2.61. The number of para-hydroxylation sites is 2. The van der Waals surface area contributed by atoms with E-state index in [2.05, 4.69) is 4.90 Å². The van der Waals surface area contributed by atoms with Gasteiger partial charge in [0.1, 0.15) is 0 Å². The van der Waals surface area contributed by atoms with Crippen molar-refractivity contribution >= 4 is 22.9 Å². The van der Waals surface area contributed by atoms with E-state index in [1.54, 1.807) is 6.07 Å². The number of likely N-dealkylation sites (N-methyl/N-ethyl adjacent to an activating group) is 1. The van der Waals surface area contributed by atoms with Crippen molar-refractivity contribution in [3.63, 3.8) is 0 Å². The molecule has 0 unspecified atom stereocenters. The van der Waals surface area contributed by atoms with E-state index >= 15 is 0 Å². The van der Waals surface area contributed by atoms with Gasteiger partial charge in [-0.2, -0.15) is 0 Å². The van der Waals surface area contributed by atoms with Crippen LogP contribution in [0.1, 0.15) is 20.3 Å². The summed E-state index contributed by atoms with van der Waals surface area (Å²) >= 11 is 0. The third-order valence-electron chi connectivity index (χ3n) is 5.32. The van der Waals surface area contributed by atoms with E-state index < -0.39 is 5.76 Å². The number of piperazine rings is 1. The molecular weight excluding hydrogens is 360 g/mol. The number of carbonyl (C=O) groups is 2. The molecule has 3 rings (SSSR count).